The molecule has 1 saturated heterocycles. The third-order valence-electron chi connectivity index (χ3n) is 3.95. The SMILES string of the molecule is CCN(Cc1ccc(C)cc1)CC1CCNCC1. The second kappa shape index (κ2) is 6.91. The Kier molecular flexibility index (Phi) is 5.21. The normalized spacial score (nSPS) is 17.3. The van der Waals surface area contributed by atoms with Crippen molar-refractivity contribution in [3.8, 4) is 0 Å². The van der Waals surface area contributed by atoms with Crippen LogP contribution in [-0.4, -0.2) is 31.1 Å². The van der Waals surface area contributed by atoms with Crippen LogP contribution in [0.25, 0.3) is 0 Å². The van der Waals surface area contributed by atoms with Crippen molar-refractivity contribution in [1.29, 1.82) is 0 Å². The minimum atomic E-state index is 0.886. The van der Waals surface area contributed by atoms with Crippen LogP contribution in [0.15, 0.2) is 24.3 Å². The van der Waals surface area contributed by atoms with Gasteiger partial charge in [-0.15, -0.1) is 0 Å². The number of aryl methyl sites for hydroxylation is 1. The minimum Gasteiger partial charge on any atom is -0.317 e. The Morgan fingerprint density at radius 1 is 1.17 bits per heavy atom. The highest BCUT2D eigenvalue weighted by atomic mass is 15.1. The molecule has 1 N–H and O–H groups in total. The Morgan fingerprint density at radius 2 is 1.83 bits per heavy atom. The van der Waals surface area contributed by atoms with E-state index in [9.17, 15) is 0 Å². The summed E-state index contributed by atoms with van der Waals surface area (Å²) in [6, 6.07) is 8.96. The van der Waals surface area contributed by atoms with Crippen molar-refractivity contribution < 1.29 is 0 Å². The summed E-state index contributed by atoms with van der Waals surface area (Å²) >= 11 is 0. The zero-order valence-corrected chi connectivity index (χ0v) is 11.8. The summed E-state index contributed by atoms with van der Waals surface area (Å²) in [5.41, 5.74) is 2.79. The standard InChI is InChI=1S/C16H26N2/c1-3-18(13-16-8-10-17-11-9-16)12-15-6-4-14(2)5-7-15/h4-7,16-17H,3,8-13H2,1-2H3. The number of hydrogen-bond donors (Lipinski definition) is 1. The van der Waals surface area contributed by atoms with Crippen LogP contribution in [0.5, 0.6) is 0 Å². The molecule has 2 nitrogen and oxygen atoms in total. The zero-order chi connectivity index (χ0) is 12.8. The number of nitrogens with zero attached hydrogens (tertiary/aromatic N) is 1. The van der Waals surface area contributed by atoms with Crippen LogP contribution in [-0.2, 0) is 6.54 Å². The average Bonchev–Trinajstić information content (AvgIpc) is 2.41. The fraction of sp³-hybridized carbons (Fsp3) is 0.625. The number of hydrogen-bond acceptors (Lipinski definition) is 2. The first-order chi connectivity index (χ1) is 8.78. The first kappa shape index (κ1) is 13.6. The van der Waals surface area contributed by atoms with Gasteiger partial charge in [-0.05, 0) is 50.9 Å². The molecule has 1 aliphatic rings. The molecule has 1 aliphatic heterocycles. The van der Waals surface area contributed by atoms with E-state index in [0.29, 0.717) is 0 Å². The fourth-order valence-electron chi connectivity index (χ4n) is 2.69. The summed E-state index contributed by atoms with van der Waals surface area (Å²) < 4.78 is 0. The Labute approximate surface area is 111 Å². The van der Waals surface area contributed by atoms with E-state index in [4.69, 9.17) is 0 Å². The van der Waals surface area contributed by atoms with E-state index in [0.717, 1.165) is 19.0 Å². The third-order valence-corrected chi connectivity index (χ3v) is 3.95. The Balaban J connectivity index is 1.86. The van der Waals surface area contributed by atoms with Crippen LogP contribution in [0, 0.1) is 12.8 Å². The molecule has 0 amide bonds. The summed E-state index contributed by atoms with van der Waals surface area (Å²) in [4.78, 5) is 2.58. The van der Waals surface area contributed by atoms with Gasteiger partial charge in [-0.3, -0.25) is 4.90 Å². The van der Waals surface area contributed by atoms with Gasteiger partial charge in [0.05, 0.1) is 0 Å². The molecule has 1 heterocycles. The molecule has 0 aliphatic carbocycles. The molecule has 0 radical (unpaired) electrons. The summed E-state index contributed by atoms with van der Waals surface area (Å²) in [6.45, 7) is 10.3. The maximum Gasteiger partial charge on any atom is 0.0233 e. The van der Waals surface area contributed by atoms with Gasteiger partial charge in [0.25, 0.3) is 0 Å². The van der Waals surface area contributed by atoms with E-state index in [1.54, 1.807) is 0 Å². The molecule has 0 aromatic heterocycles. The quantitative estimate of drug-likeness (QED) is 0.859. The fourth-order valence-corrected chi connectivity index (χ4v) is 2.69. The number of piperidine rings is 1. The topological polar surface area (TPSA) is 15.3 Å². The molecule has 0 bridgehead atoms. The molecule has 1 fully saturated rings. The van der Waals surface area contributed by atoms with Crippen molar-refractivity contribution in [1.82, 2.24) is 10.2 Å². The smallest absolute Gasteiger partial charge is 0.0233 e. The molecule has 2 rings (SSSR count). The summed E-state index contributed by atoms with van der Waals surface area (Å²) in [5.74, 6) is 0.886. The van der Waals surface area contributed by atoms with E-state index in [1.807, 2.05) is 0 Å². The summed E-state index contributed by atoms with van der Waals surface area (Å²) in [7, 11) is 0. The van der Waals surface area contributed by atoms with Gasteiger partial charge in [0, 0.05) is 13.1 Å². The molecule has 18 heavy (non-hydrogen) atoms. The second-order valence-electron chi connectivity index (χ2n) is 5.51. The van der Waals surface area contributed by atoms with E-state index in [1.165, 1.54) is 43.6 Å². The zero-order valence-electron chi connectivity index (χ0n) is 11.8. The lowest BCUT2D eigenvalue weighted by molar-refractivity contribution is 0.207. The maximum absolute atomic E-state index is 3.44. The molecule has 2 heteroatoms. The Hall–Kier alpha value is -0.860. The molecule has 0 atom stereocenters. The van der Waals surface area contributed by atoms with E-state index in [2.05, 4.69) is 48.3 Å². The monoisotopic (exact) mass is 246 g/mol. The number of rotatable bonds is 5. The maximum atomic E-state index is 3.44. The van der Waals surface area contributed by atoms with Crippen LogP contribution < -0.4 is 5.32 Å². The van der Waals surface area contributed by atoms with Gasteiger partial charge >= 0.3 is 0 Å². The highest BCUT2D eigenvalue weighted by molar-refractivity contribution is 5.21. The second-order valence-corrected chi connectivity index (χ2v) is 5.51. The predicted octanol–water partition coefficient (Wildman–Crippen LogP) is 2.82. The highest BCUT2D eigenvalue weighted by Gasteiger charge is 2.16. The Morgan fingerprint density at radius 3 is 2.44 bits per heavy atom. The molecule has 1 aromatic rings. The van der Waals surface area contributed by atoms with Crippen LogP contribution in [0.1, 0.15) is 30.9 Å². The van der Waals surface area contributed by atoms with Crippen LogP contribution in [0.4, 0.5) is 0 Å². The third kappa shape index (κ3) is 4.11. The number of benzene rings is 1. The van der Waals surface area contributed by atoms with Crippen molar-refractivity contribution in [3.63, 3.8) is 0 Å². The average molecular weight is 246 g/mol. The van der Waals surface area contributed by atoms with Crippen molar-refractivity contribution in [3.05, 3.63) is 35.4 Å². The molecule has 1 aromatic carbocycles. The van der Waals surface area contributed by atoms with Crippen LogP contribution in [0.2, 0.25) is 0 Å². The summed E-state index contributed by atoms with van der Waals surface area (Å²) in [6.07, 6.45) is 2.68. The molecule has 100 valence electrons. The first-order valence-corrected chi connectivity index (χ1v) is 7.26. The van der Waals surface area contributed by atoms with E-state index < -0.39 is 0 Å². The van der Waals surface area contributed by atoms with Gasteiger partial charge < -0.3 is 5.32 Å². The van der Waals surface area contributed by atoms with E-state index >= 15 is 0 Å². The van der Waals surface area contributed by atoms with Gasteiger partial charge in [-0.25, -0.2) is 0 Å². The van der Waals surface area contributed by atoms with Gasteiger partial charge in [-0.2, -0.15) is 0 Å². The largest absolute Gasteiger partial charge is 0.317 e. The van der Waals surface area contributed by atoms with Crippen molar-refractivity contribution in [2.24, 2.45) is 5.92 Å². The lowest BCUT2D eigenvalue weighted by Gasteiger charge is -2.29. The van der Waals surface area contributed by atoms with Crippen molar-refractivity contribution in [2.45, 2.75) is 33.2 Å². The van der Waals surface area contributed by atoms with Gasteiger partial charge in [0.1, 0.15) is 0 Å². The predicted molar refractivity (Wildman–Crippen MR) is 77.7 cm³/mol. The number of nitrogens with one attached hydrogen (secondary N) is 1. The first-order valence-electron chi connectivity index (χ1n) is 7.26. The molecular weight excluding hydrogens is 220 g/mol. The van der Waals surface area contributed by atoms with Crippen LogP contribution in [0.3, 0.4) is 0 Å². The van der Waals surface area contributed by atoms with Gasteiger partial charge in [0.15, 0.2) is 0 Å². The van der Waals surface area contributed by atoms with Gasteiger partial charge in [-0.1, -0.05) is 36.8 Å². The minimum absolute atomic E-state index is 0.886. The summed E-state index contributed by atoms with van der Waals surface area (Å²) in [5, 5.41) is 3.44. The van der Waals surface area contributed by atoms with Crippen LogP contribution >= 0.6 is 0 Å². The van der Waals surface area contributed by atoms with Gasteiger partial charge in [0.2, 0.25) is 0 Å². The van der Waals surface area contributed by atoms with E-state index in [-0.39, 0.29) is 0 Å². The van der Waals surface area contributed by atoms with Crippen molar-refractivity contribution >= 4 is 0 Å². The molecule has 0 saturated carbocycles. The Bertz CT molecular complexity index is 339. The lowest BCUT2D eigenvalue weighted by Crippen LogP contribution is -2.35. The molecule has 0 unspecified atom stereocenters. The lowest BCUT2D eigenvalue weighted by atomic mass is 9.97. The highest BCUT2D eigenvalue weighted by Crippen LogP contribution is 2.15. The molecular formula is C16H26N2. The molecule has 0 spiro atoms. The van der Waals surface area contributed by atoms with Crippen molar-refractivity contribution in [2.75, 3.05) is 26.2 Å².